The normalized spacial score (nSPS) is 12.0. The first-order chi connectivity index (χ1) is 7.39. The van der Waals surface area contributed by atoms with Gasteiger partial charge in [0.05, 0.1) is 0 Å². The standard InChI is InChI=1S/C13H14ClNO/c1-13(2,3)11-7-15-12(14)9-5-4-8(16)6-10(9)11/h4-7,16H,1-3H3. The summed E-state index contributed by atoms with van der Waals surface area (Å²) in [5, 5.41) is 11.9. The maximum absolute atomic E-state index is 9.55. The predicted molar refractivity (Wildman–Crippen MR) is 67.1 cm³/mol. The maximum atomic E-state index is 9.55. The van der Waals surface area contributed by atoms with Crippen LogP contribution < -0.4 is 0 Å². The van der Waals surface area contributed by atoms with Gasteiger partial charge >= 0.3 is 0 Å². The van der Waals surface area contributed by atoms with E-state index >= 15 is 0 Å². The van der Waals surface area contributed by atoms with Crippen LogP contribution in [0.5, 0.6) is 5.75 Å². The molecule has 0 radical (unpaired) electrons. The van der Waals surface area contributed by atoms with Crippen LogP contribution >= 0.6 is 11.6 Å². The first-order valence-electron chi connectivity index (χ1n) is 5.17. The van der Waals surface area contributed by atoms with Gasteiger partial charge < -0.3 is 5.11 Å². The molecule has 0 saturated heterocycles. The number of phenolic OH excluding ortho intramolecular Hbond substituents is 1. The molecule has 2 rings (SSSR count). The average molecular weight is 236 g/mol. The third-order valence-corrected chi connectivity index (χ3v) is 2.93. The van der Waals surface area contributed by atoms with Crippen molar-refractivity contribution < 1.29 is 5.11 Å². The maximum Gasteiger partial charge on any atom is 0.136 e. The van der Waals surface area contributed by atoms with E-state index in [1.54, 1.807) is 24.4 Å². The molecule has 84 valence electrons. The predicted octanol–water partition coefficient (Wildman–Crippen LogP) is 3.89. The van der Waals surface area contributed by atoms with Gasteiger partial charge in [-0.25, -0.2) is 4.98 Å². The topological polar surface area (TPSA) is 33.1 Å². The summed E-state index contributed by atoms with van der Waals surface area (Å²) in [5.41, 5.74) is 1.06. The lowest BCUT2D eigenvalue weighted by molar-refractivity contribution is 0.476. The summed E-state index contributed by atoms with van der Waals surface area (Å²) in [6.45, 7) is 6.34. The Labute approximate surface area is 99.9 Å². The van der Waals surface area contributed by atoms with Crippen molar-refractivity contribution in [3.05, 3.63) is 35.1 Å². The van der Waals surface area contributed by atoms with Gasteiger partial charge in [0.15, 0.2) is 0 Å². The van der Waals surface area contributed by atoms with Gasteiger partial charge in [0, 0.05) is 11.6 Å². The quantitative estimate of drug-likeness (QED) is 0.703. The molecule has 0 aliphatic heterocycles. The Morgan fingerprint density at radius 3 is 2.50 bits per heavy atom. The molecule has 1 aromatic carbocycles. The van der Waals surface area contributed by atoms with Crippen molar-refractivity contribution in [2.75, 3.05) is 0 Å². The number of fused-ring (bicyclic) bond motifs is 1. The lowest BCUT2D eigenvalue weighted by Crippen LogP contribution is -2.12. The van der Waals surface area contributed by atoms with Crippen LogP contribution in [0.2, 0.25) is 5.15 Å². The van der Waals surface area contributed by atoms with Gasteiger partial charge in [0.25, 0.3) is 0 Å². The minimum Gasteiger partial charge on any atom is -0.508 e. The molecular formula is C13H14ClNO. The molecule has 0 unspecified atom stereocenters. The Bertz CT molecular complexity index is 543. The molecular weight excluding hydrogens is 222 g/mol. The monoisotopic (exact) mass is 235 g/mol. The molecule has 0 atom stereocenters. The molecule has 1 heterocycles. The third-order valence-electron chi connectivity index (χ3n) is 2.63. The fourth-order valence-corrected chi connectivity index (χ4v) is 2.01. The molecule has 0 aliphatic carbocycles. The Hall–Kier alpha value is -1.28. The van der Waals surface area contributed by atoms with E-state index in [1.807, 2.05) is 0 Å². The van der Waals surface area contributed by atoms with Crippen LogP contribution in [-0.4, -0.2) is 10.1 Å². The average Bonchev–Trinajstić information content (AvgIpc) is 2.15. The zero-order valence-electron chi connectivity index (χ0n) is 9.58. The van der Waals surface area contributed by atoms with Crippen LogP contribution in [0.3, 0.4) is 0 Å². The third kappa shape index (κ3) is 1.85. The molecule has 0 saturated carbocycles. The van der Waals surface area contributed by atoms with Crippen molar-refractivity contribution in [3.8, 4) is 5.75 Å². The number of pyridine rings is 1. The number of nitrogens with zero attached hydrogens (tertiary/aromatic N) is 1. The second kappa shape index (κ2) is 3.63. The number of hydrogen-bond acceptors (Lipinski definition) is 2. The van der Waals surface area contributed by atoms with E-state index in [-0.39, 0.29) is 11.2 Å². The first-order valence-corrected chi connectivity index (χ1v) is 5.55. The second-order valence-corrected chi connectivity index (χ2v) is 5.30. The lowest BCUT2D eigenvalue weighted by Gasteiger charge is -2.21. The van der Waals surface area contributed by atoms with E-state index in [0.29, 0.717) is 5.15 Å². The van der Waals surface area contributed by atoms with E-state index in [0.717, 1.165) is 16.3 Å². The van der Waals surface area contributed by atoms with Crippen molar-refractivity contribution in [2.24, 2.45) is 0 Å². The van der Waals surface area contributed by atoms with E-state index in [2.05, 4.69) is 25.8 Å². The van der Waals surface area contributed by atoms with Crippen LogP contribution in [0.4, 0.5) is 0 Å². The lowest BCUT2D eigenvalue weighted by atomic mass is 9.85. The molecule has 0 fully saturated rings. The van der Waals surface area contributed by atoms with Crippen LogP contribution in [0.15, 0.2) is 24.4 Å². The van der Waals surface area contributed by atoms with Crippen LogP contribution in [0.25, 0.3) is 10.8 Å². The zero-order valence-corrected chi connectivity index (χ0v) is 10.3. The van der Waals surface area contributed by atoms with Crippen LogP contribution in [0.1, 0.15) is 26.3 Å². The number of hydrogen-bond donors (Lipinski definition) is 1. The SMILES string of the molecule is CC(C)(C)c1cnc(Cl)c2ccc(O)cc12. The van der Waals surface area contributed by atoms with E-state index in [1.165, 1.54) is 0 Å². The zero-order chi connectivity index (χ0) is 11.9. The van der Waals surface area contributed by atoms with E-state index in [9.17, 15) is 5.11 Å². The van der Waals surface area contributed by atoms with Crippen molar-refractivity contribution in [3.63, 3.8) is 0 Å². The summed E-state index contributed by atoms with van der Waals surface area (Å²) >= 11 is 6.04. The van der Waals surface area contributed by atoms with E-state index in [4.69, 9.17) is 11.6 Å². The van der Waals surface area contributed by atoms with Crippen molar-refractivity contribution in [1.29, 1.82) is 0 Å². The highest BCUT2D eigenvalue weighted by Crippen LogP contribution is 2.33. The molecule has 2 aromatic rings. The van der Waals surface area contributed by atoms with Gasteiger partial charge in [-0.1, -0.05) is 32.4 Å². The minimum atomic E-state index is -0.0242. The van der Waals surface area contributed by atoms with Gasteiger partial charge in [0.2, 0.25) is 0 Å². The molecule has 1 N–H and O–H groups in total. The summed E-state index contributed by atoms with van der Waals surface area (Å²) in [5.74, 6) is 0.250. The molecule has 0 amide bonds. The number of rotatable bonds is 0. The van der Waals surface area contributed by atoms with Gasteiger partial charge in [-0.05, 0) is 34.6 Å². The highest BCUT2D eigenvalue weighted by atomic mass is 35.5. The molecule has 2 nitrogen and oxygen atoms in total. The van der Waals surface area contributed by atoms with Crippen LogP contribution in [0, 0.1) is 0 Å². The summed E-state index contributed by atoms with van der Waals surface area (Å²) in [7, 11) is 0. The Morgan fingerprint density at radius 1 is 1.19 bits per heavy atom. The molecule has 0 aliphatic rings. The Morgan fingerprint density at radius 2 is 1.88 bits per heavy atom. The number of aromatic nitrogens is 1. The highest BCUT2D eigenvalue weighted by Gasteiger charge is 2.18. The fraction of sp³-hybridized carbons (Fsp3) is 0.308. The van der Waals surface area contributed by atoms with Crippen molar-refractivity contribution in [1.82, 2.24) is 4.98 Å². The first kappa shape index (κ1) is 11.2. The number of benzene rings is 1. The van der Waals surface area contributed by atoms with Gasteiger partial charge in [-0.15, -0.1) is 0 Å². The number of halogens is 1. The molecule has 0 bridgehead atoms. The summed E-state index contributed by atoms with van der Waals surface area (Å²) < 4.78 is 0. The van der Waals surface area contributed by atoms with Gasteiger partial charge in [-0.3, -0.25) is 0 Å². The Kier molecular flexibility index (Phi) is 2.55. The number of phenols is 1. The summed E-state index contributed by atoms with van der Waals surface area (Å²) in [6, 6.07) is 5.17. The molecule has 16 heavy (non-hydrogen) atoms. The molecule has 3 heteroatoms. The minimum absolute atomic E-state index is 0.0242. The summed E-state index contributed by atoms with van der Waals surface area (Å²) in [6.07, 6.45) is 1.78. The van der Waals surface area contributed by atoms with Gasteiger partial charge in [0.1, 0.15) is 10.9 Å². The van der Waals surface area contributed by atoms with Crippen LogP contribution in [-0.2, 0) is 5.41 Å². The van der Waals surface area contributed by atoms with E-state index < -0.39 is 0 Å². The fourth-order valence-electron chi connectivity index (χ4n) is 1.79. The van der Waals surface area contributed by atoms with Crippen molar-refractivity contribution >= 4 is 22.4 Å². The van der Waals surface area contributed by atoms with Gasteiger partial charge in [-0.2, -0.15) is 0 Å². The smallest absolute Gasteiger partial charge is 0.136 e. The highest BCUT2D eigenvalue weighted by molar-refractivity contribution is 6.34. The Balaban J connectivity index is 2.86. The molecule has 0 spiro atoms. The summed E-state index contributed by atoms with van der Waals surface area (Å²) in [4.78, 5) is 4.19. The second-order valence-electron chi connectivity index (χ2n) is 4.94. The largest absolute Gasteiger partial charge is 0.508 e. The van der Waals surface area contributed by atoms with Crippen molar-refractivity contribution in [2.45, 2.75) is 26.2 Å². The molecule has 1 aromatic heterocycles. The number of aromatic hydroxyl groups is 1.